The van der Waals surface area contributed by atoms with E-state index in [1.807, 2.05) is 56.4 Å². The smallest absolute Gasteiger partial charge is 0.261 e. The maximum Gasteiger partial charge on any atom is 0.261 e. The normalized spacial score (nSPS) is 11.5. The van der Waals surface area contributed by atoms with Crippen LogP contribution in [0.2, 0.25) is 0 Å². The van der Waals surface area contributed by atoms with E-state index in [2.05, 4.69) is 46.1 Å². The molecule has 0 aliphatic heterocycles. The fourth-order valence-electron chi connectivity index (χ4n) is 4.17. The molecule has 1 amide bonds. The van der Waals surface area contributed by atoms with Crippen molar-refractivity contribution in [2.45, 2.75) is 27.2 Å². The molecule has 160 valence electrons. The quantitative estimate of drug-likeness (QED) is 0.333. The van der Waals surface area contributed by atoms with Gasteiger partial charge >= 0.3 is 0 Å². The predicted octanol–water partition coefficient (Wildman–Crippen LogP) is 5.15. The van der Waals surface area contributed by atoms with Crippen LogP contribution in [0.3, 0.4) is 0 Å². The summed E-state index contributed by atoms with van der Waals surface area (Å²) in [7, 11) is 0. The minimum atomic E-state index is -0.354. The molecule has 2 aromatic heterocycles. The molecule has 0 bridgehead atoms. The van der Waals surface area contributed by atoms with Crippen molar-refractivity contribution in [1.29, 1.82) is 5.26 Å². The van der Waals surface area contributed by atoms with E-state index >= 15 is 0 Å². The number of para-hydroxylation sites is 2. The average molecular weight is 423 g/mol. The van der Waals surface area contributed by atoms with Gasteiger partial charge in [0.15, 0.2) is 0 Å². The first-order valence-corrected chi connectivity index (χ1v) is 10.7. The minimum Gasteiger partial charge on any atom is -0.361 e. The van der Waals surface area contributed by atoms with Gasteiger partial charge in [0.2, 0.25) is 0 Å². The molecule has 0 fully saturated rings. The van der Waals surface area contributed by atoms with Crippen molar-refractivity contribution < 1.29 is 4.79 Å². The molecule has 2 heterocycles. The van der Waals surface area contributed by atoms with E-state index in [4.69, 9.17) is 0 Å². The molecule has 0 unspecified atom stereocenters. The highest BCUT2D eigenvalue weighted by Gasteiger charge is 2.14. The van der Waals surface area contributed by atoms with E-state index in [1.165, 1.54) is 5.56 Å². The Morgan fingerprint density at radius 1 is 1.12 bits per heavy atom. The largest absolute Gasteiger partial charge is 0.361 e. The van der Waals surface area contributed by atoms with Crippen LogP contribution in [-0.2, 0) is 11.2 Å². The molecule has 2 aromatic carbocycles. The van der Waals surface area contributed by atoms with Crippen LogP contribution >= 0.6 is 0 Å². The van der Waals surface area contributed by atoms with Gasteiger partial charge in [-0.15, -0.1) is 0 Å². The number of carbonyl (C=O) groups excluding carboxylic acids is 1. The summed E-state index contributed by atoms with van der Waals surface area (Å²) in [5, 5.41) is 13.7. The molecule has 5 heteroatoms. The van der Waals surface area contributed by atoms with Gasteiger partial charge in [-0.3, -0.25) is 4.79 Å². The van der Waals surface area contributed by atoms with Crippen LogP contribution in [0.4, 0.5) is 0 Å². The maximum atomic E-state index is 12.7. The van der Waals surface area contributed by atoms with Gasteiger partial charge in [-0.1, -0.05) is 36.4 Å². The van der Waals surface area contributed by atoms with Crippen molar-refractivity contribution in [3.05, 3.63) is 94.4 Å². The van der Waals surface area contributed by atoms with E-state index in [9.17, 15) is 10.1 Å². The molecule has 0 saturated heterocycles. The van der Waals surface area contributed by atoms with Gasteiger partial charge in [0.1, 0.15) is 11.6 Å². The number of rotatable bonds is 6. The number of hydrogen-bond acceptors (Lipinski definition) is 2. The summed E-state index contributed by atoms with van der Waals surface area (Å²) in [6.07, 6.45) is 4.34. The topological polar surface area (TPSA) is 73.6 Å². The monoisotopic (exact) mass is 422 g/mol. The van der Waals surface area contributed by atoms with Crippen LogP contribution in [0.5, 0.6) is 0 Å². The summed E-state index contributed by atoms with van der Waals surface area (Å²) in [5.41, 5.74) is 7.52. The Morgan fingerprint density at radius 3 is 2.66 bits per heavy atom. The van der Waals surface area contributed by atoms with Crippen molar-refractivity contribution >= 4 is 22.9 Å². The number of aromatic nitrogens is 2. The lowest BCUT2D eigenvalue weighted by Crippen LogP contribution is -2.26. The first-order chi connectivity index (χ1) is 15.5. The van der Waals surface area contributed by atoms with Crippen LogP contribution in [-0.4, -0.2) is 22.0 Å². The zero-order chi connectivity index (χ0) is 22.7. The molecule has 0 spiro atoms. The number of nitriles is 1. The summed E-state index contributed by atoms with van der Waals surface area (Å²) >= 11 is 0. The fourth-order valence-corrected chi connectivity index (χ4v) is 4.17. The van der Waals surface area contributed by atoms with Crippen LogP contribution < -0.4 is 5.32 Å². The van der Waals surface area contributed by atoms with Gasteiger partial charge in [0, 0.05) is 40.7 Å². The number of hydrogen-bond donors (Lipinski definition) is 2. The van der Waals surface area contributed by atoms with E-state index in [1.54, 1.807) is 6.08 Å². The first kappa shape index (κ1) is 21.2. The highest BCUT2D eigenvalue weighted by molar-refractivity contribution is 6.01. The second-order valence-corrected chi connectivity index (χ2v) is 7.98. The van der Waals surface area contributed by atoms with Gasteiger partial charge in [-0.25, -0.2) is 0 Å². The molecular formula is C27H26N4O. The number of benzene rings is 2. The Morgan fingerprint density at radius 2 is 1.88 bits per heavy atom. The summed E-state index contributed by atoms with van der Waals surface area (Å²) in [4.78, 5) is 15.9. The van der Waals surface area contributed by atoms with Crippen molar-refractivity contribution in [2.24, 2.45) is 0 Å². The molecule has 32 heavy (non-hydrogen) atoms. The Kier molecular flexibility index (Phi) is 5.96. The first-order valence-electron chi connectivity index (χ1n) is 10.7. The van der Waals surface area contributed by atoms with Crippen LogP contribution in [0.15, 0.2) is 66.4 Å². The summed E-state index contributed by atoms with van der Waals surface area (Å²) in [5.74, 6) is -0.354. The molecule has 4 rings (SSSR count). The summed E-state index contributed by atoms with van der Waals surface area (Å²) < 4.78 is 2.16. The summed E-state index contributed by atoms with van der Waals surface area (Å²) in [6.45, 7) is 6.58. The third-order valence-electron chi connectivity index (χ3n) is 5.85. The standard InChI is InChI=1S/C27H26N4O/c1-18-8-4-7-11-26(18)31-19(2)14-22(20(31)3)15-23(16-28)27(32)29-13-12-21-17-30-25-10-6-5-9-24(21)25/h4-11,14-15,17,30H,12-13H2,1-3H3,(H,29,32)/b23-15-. The highest BCUT2D eigenvalue weighted by atomic mass is 16.1. The SMILES string of the molecule is Cc1ccccc1-n1c(C)cc(/C=C(/C#N)C(=O)NCCc2c[nH]c3ccccc23)c1C. The van der Waals surface area contributed by atoms with Crippen molar-refractivity contribution in [3.63, 3.8) is 0 Å². The highest BCUT2D eigenvalue weighted by Crippen LogP contribution is 2.25. The lowest BCUT2D eigenvalue weighted by Gasteiger charge is -2.12. The molecule has 4 aromatic rings. The molecule has 0 aliphatic carbocycles. The van der Waals surface area contributed by atoms with Gasteiger partial charge in [0.25, 0.3) is 5.91 Å². The van der Waals surface area contributed by atoms with E-state index in [0.29, 0.717) is 13.0 Å². The van der Waals surface area contributed by atoms with Crippen molar-refractivity contribution in [3.8, 4) is 11.8 Å². The molecule has 0 atom stereocenters. The van der Waals surface area contributed by atoms with Crippen LogP contribution in [0.1, 0.15) is 28.1 Å². The van der Waals surface area contributed by atoms with E-state index in [0.717, 1.165) is 39.1 Å². The molecule has 0 radical (unpaired) electrons. The lowest BCUT2D eigenvalue weighted by molar-refractivity contribution is -0.117. The van der Waals surface area contributed by atoms with Gasteiger partial charge in [-0.05, 0) is 68.2 Å². The Hall–Kier alpha value is -4.04. The van der Waals surface area contributed by atoms with E-state index < -0.39 is 0 Å². The zero-order valence-corrected chi connectivity index (χ0v) is 18.6. The average Bonchev–Trinajstić information content (AvgIpc) is 3.32. The number of nitrogens with one attached hydrogen (secondary N) is 2. The Balaban J connectivity index is 1.50. The second-order valence-electron chi connectivity index (χ2n) is 7.98. The van der Waals surface area contributed by atoms with Crippen molar-refractivity contribution in [1.82, 2.24) is 14.9 Å². The lowest BCUT2D eigenvalue weighted by atomic mass is 10.1. The maximum absolute atomic E-state index is 12.7. The molecule has 5 nitrogen and oxygen atoms in total. The number of H-pyrrole nitrogens is 1. The molecule has 2 N–H and O–H groups in total. The third-order valence-corrected chi connectivity index (χ3v) is 5.85. The fraction of sp³-hybridized carbons (Fsp3) is 0.185. The van der Waals surface area contributed by atoms with Gasteiger partial charge < -0.3 is 14.9 Å². The zero-order valence-electron chi connectivity index (χ0n) is 18.6. The Labute approximate surface area is 188 Å². The molecule has 0 saturated carbocycles. The Bertz CT molecular complexity index is 1360. The summed E-state index contributed by atoms with van der Waals surface area (Å²) in [6, 6.07) is 20.3. The number of aromatic amines is 1. The second kappa shape index (κ2) is 8.99. The molecule has 0 aliphatic rings. The minimum absolute atomic E-state index is 0.106. The van der Waals surface area contributed by atoms with Crippen molar-refractivity contribution in [2.75, 3.05) is 6.54 Å². The molecular weight excluding hydrogens is 396 g/mol. The van der Waals surface area contributed by atoms with Gasteiger partial charge in [0.05, 0.1) is 0 Å². The van der Waals surface area contributed by atoms with Gasteiger partial charge in [-0.2, -0.15) is 5.26 Å². The number of amides is 1. The van der Waals surface area contributed by atoms with Crippen LogP contribution in [0.25, 0.3) is 22.7 Å². The third kappa shape index (κ3) is 4.08. The van der Waals surface area contributed by atoms with Crippen LogP contribution in [0, 0.1) is 32.1 Å². The number of fused-ring (bicyclic) bond motifs is 1. The number of aryl methyl sites for hydroxylation is 2. The number of carbonyl (C=O) groups is 1. The van der Waals surface area contributed by atoms with E-state index in [-0.39, 0.29) is 11.5 Å². The predicted molar refractivity (Wildman–Crippen MR) is 129 cm³/mol. The number of nitrogens with zero attached hydrogens (tertiary/aromatic N) is 2.